The Labute approximate surface area is 217 Å². The van der Waals surface area contributed by atoms with Crippen LogP contribution in [0.5, 0.6) is 17.2 Å². The van der Waals surface area contributed by atoms with Crippen molar-refractivity contribution < 1.29 is 24.2 Å². The molecule has 0 aromatic heterocycles. The number of benzene rings is 3. The Balaban J connectivity index is 1.43. The summed E-state index contributed by atoms with van der Waals surface area (Å²) in [4.78, 5) is 24.1. The van der Waals surface area contributed by atoms with Gasteiger partial charge in [0.1, 0.15) is 17.2 Å². The van der Waals surface area contributed by atoms with Crippen molar-refractivity contribution in [1.82, 2.24) is 5.32 Å². The molecule has 4 rings (SSSR count). The van der Waals surface area contributed by atoms with Crippen LogP contribution in [0.3, 0.4) is 0 Å². The Kier molecular flexibility index (Phi) is 7.75. The minimum absolute atomic E-state index is 0.218. The van der Waals surface area contributed by atoms with E-state index in [1.54, 1.807) is 42.5 Å². The third-order valence-electron chi connectivity index (χ3n) is 5.75. The molecule has 35 heavy (non-hydrogen) atoms. The third-order valence-corrected chi connectivity index (χ3v) is 6.64. The van der Waals surface area contributed by atoms with Crippen molar-refractivity contribution in [3.63, 3.8) is 0 Å². The smallest absolute Gasteiger partial charge is 0.311 e. The van der Waals surface area contributed by atoms with Crippen LogP contribution in [0.25, 0.3) is 0 Å². The molecule has 0 saturated heterocycles. The highest BCUT2D eigenvalue weighted by atomic mass is 35.5. The number of carboxylic acid groups (broad SMARTS) is 1. The summed E-state index contributed by atoms with van der Waals surface area (Å²) < 4.78 is 11.6. The van der Waals surface area contributed by atoms with E-state index in [1.807, 2.05) is 13.0 Å². The molecule has 1 aliphatic heterocycles. The number of nitrogens with one attached hydrogen (secondary N) is 1. The van der Waals surface area contributed by atoms with Crippen LogP contribution in [0.4, 0.5) is 0 Å². The maximum absolute atomic E-state index is 12.6. The molecule has 0 saturated carbocycles. The van der Waals surface area contributed by atoms with Gasteiger partial charge >= 0.3 is 5.97 Å². The zero-order chi connectivity index (χ0) is 25.1. The van der Waals surface area contributed by atoms with Gasteiger partial charge in [-0.25, -0.2) is 0 Å². The van der Waals surface area contributed by atoms with E-state index in [1.165, 1.54) is 0 Å². The number of rotatable bonds is 7. The Morgan fingerprint density at radius 3 is 2.57 bits per heavy atom. The van der Waals surface area contributed by atoms with Gasteiger partial charge in [-0.3, -0.25) is 9.59 Å². The zero-order valence-electron chi connectivity index (χ0n) is 18.7. The molecule has 0 fully saturated rings. The van der Waals surface area contributed by atoms with Gasteiger partial charge in [0.2, 0.25) is 0 Å². The van der Waals surface area contributed by atoms with Crippen molar-refractivity contribution in [3.05, 3.63) is 85.9 Å². The summed E-state index contributed by atoms with van der Waals surface area (Å²) >= 11 is 18.5. The van der Waals surface area contributed by atoms with Crippen LogP contribution in [0.2, 0.25) is 15.1 Å². The van der Waals surface area contributed by atoms with E-state index >= 15 is 0 Å². The summed E-state index contributed by atoms with van der Waals surface area (Å²) in [6.07, 6.45) is 0.956. The van der Waals surface area contributed by atoms with Crippen LogP contribution in [0, 0.1) is 6.92 Å². The van der Waals surface area contributed by atoms with Crippen LogP contribution in [-0.2, 0) is 11.2 Å². The number of hydrogen-bond donors (Lipinski definition) is 2. The molecule has 6 nitrogen and oxygen atoms in total. The highest BCUT2D eigenvalue weighted by molar-refractivity contribution is 6.35. The lowest BCUT2D eigenvalue weighted by Gasteiger charge is -2.24. The number of ether oxygens (including phenoxy) is 2. The summed E-state index contributed by atoms with van der Waals surface area (Å²) in [7, 11) is 0. The molecule has 1 atom stereocenters. The van der Waals surface area contributed by atoms with Crippen molar-refractivity contribution in [3.8, 4) is 17.2 Å². The number of fused-ring (bicyclic) bond motifs is 1. The Morgan fingerprint density at radius 2 is 1.86 bits per heavy atom. The molecule has 9 heteroatoms. The summed E-state index contributed by atoms with van der Waals surface area (Å²) in [5, 5.41) is 13.7. The molecule has 0 aliphatic carbocycles. The second kappa shape index (κ2) is 10.8. The number of hydrogen-bond acceptors (Lipinski definition) is 4. The first kappa shape index (κ1) is 25.2. The predicted octanol–water partition coefficient (Wildman–Crippen LogP) is 6.67. The average molecular weight is 535 g/mol. The fourth-order valence-electron chi connectivity index (χ4n) is 3.89. The number of halogens is 3. The monoisotopic (exact) mass is 533 g/mol. The van der Waals surface area contributed by atoms with Crippen molar-refractivity contribution in [2.24, 2.45) is 0 Å². The summed E-state index contributed by atoms with van der Waals surface area (Å²) in [6, 6.07) is 13.5. The van der Waals surface area contributed by atoms with Crippen molar-refractivity contribution in [1.29, 1.82) is 0 Å². The summed E-state index contributed by atoms with van der Waals surface area (Å²) in [5.74, 6) is -0.499. The standard InChI is InChI=1S/C26H22Cl3NO5/c1-14-10-16(25(31)30-8-6-15-2-4-17(27)11-20(15)28)3-5-22(14)35-24-13-23-19(12-21(24)29)18(26(32)33)7-9-34-23/h2-5,10-13,18H,6-9H2,1H3,(H,30,31)(H,32,33). The van der Waals surface area contributed by atoms with E-state index in [-0.39, 0.29) is 10.9 Å². The topological polar surface area (TPSA) is 84.9 Å². The predicted molar refractivity (Wildman–Crippen MR) is 136 cm³/mol. The number of aliphatic carboxylic acids is 1. The maximum atomic E-state index is 12.6. The molecule has 0 bridgehead atoms. The van der Waals surface area contributed by atoms with Crippen molar-refractivity contribution >= 4 is 46.7 Å². The molecule has 1 unspecified atom stereocenters. The molecule has 3 aromatic rings. The van der Waals surface area contributed by atoms with Crippen LogP contribution in [0.1, 0.15) is 39.4 Å². The molecule has 1 aliphatic rings. The molecule has 0 radical (unpaired) electrons. The molecule has 2 N–H and O–H groups in total. The van der Waals surface area contributed by atoms with Gasteiger partial charge in [0.15, 0.2) is 0 Å². The average Bonchev–Trinajstić information content (AvgIpc) is 2.81. The normalized spacial score (nSPS) is 14.6. The third kappa shape index (κ3) is 5.84. The number of carboxylic acids is 1. The highest BCUT2D eigenvalue weighted by Gasteiger charge is 2.29. The SMILES string of the molecule is Cc1cc(C(=O)NCCc2ccc(Cl)cc2Cl)ccc1Oc1cc2c(cc1Cl)C(C(=O)O)CCO2. The van der Waals surface area contributed by atoms with Crippen molar-refractivity contribution in [2.45, 2.75) is 25.7 Å². The van der Waals surface area contributed by atoms with E-state index < -0.39 is 11.9 Å². The van der Waals surface area contributed by atoms with Gasteiger partial charge in [-0.2, -0.15) is 0 Å². The number of carbonyl (C=O) groups is 2. The van der Waals surface area contributed by atoms with Crippen LogP contribution in [-0.4, -0.2) is 30.1 Å². The van der Waals surface area contributed by atoms with Gasteiger partial charge in [0.05, 0.1) is 17.5 Å². The van der Waals surface area contributed by atoms with Crippen LogP contribution in [0.15, 0.2) is 48.5 Å². The lowest BCUT2D eigenvalue weighted by Crippen LogP contribution is -2.25. The van der Waals surface area contributed by atoms with E-state index in [4.69, 9.17) is 44.3 Å². The van der Waals surface area contributed by atoms with Gasteiger partial charge in [0.25, 0.3) is 5.91 Å². The van der Waals surface area contributed by atoms with Gasteiger partial charge in [-0.15, -0.1) is 0 Å². The van der Waals surface area contributed by atoms with Gasteiger partial charge in [-0.05, 0) is 67.3 Å². The number of aryl methyl sites for hydroxylation is 1. The van der Waals surface area contributed by atoms with Crippen LogP contribution < -0.4 is 14.8 Å². The molecule has 182 valence electrons. The fraction of sp³-hybridized carbons (Fsp3) is 0.231. The second-order valence-electron chi connectivity index (χ2n) is 8.17. The summed E-state index contributed by atoms with van der Waals surface area (Å²) in [5.41, 5.74) is 2.65. The Bertz CT molecular complexity index is 1290. The number of carbonyl (C=O) groups excluding carboxylic acids is 1. The van der Waals surface area contributed by atoms with Gasteiger partial charge in [0, 0.05) is 33.8 Å². The van der Waals surface area contributed by atoms with E-state index in [9.17, 15) is 14.7 Å². The minimum atomic E-state index is -0.916. The van der Waals surface area contributed by atoms with Gasteiger partial charge in [-0.1, -0.05) is 40.9 Å². The molecular formula is C26H22Cl3NO5. The first-order valence-corrected chi connectivity index (χ1v) is 12.1. The van der Waals surface area contributed by atoms with E-state index in [0.29, 0.717) is 64.4 Å². The first-order chi connectivity index (χ1) is 16.7. The zero-order valence-corrected chi connectivity index (χ0v) is 21.0. The van der Waals surface area contributed by atoms with E-state index in [2.05, 4.69) is 5.32 Å². The first-order valence-electron chi connectivity index (χ1n) is 10.9. The molecular weight excluding hydrogens is 513 g/mol. The maximum Gasteiger partial charge on any atom is 0.311 e. The Morgan fingerprint density at radius 1 is 1.06 bits per heavy atom. The van der Waals surface area contributed by atoms with Crippen molar-refractivity contribution in [2.75, 3.05) is 13.2 Å². The summed E-state index contributed by atoms with van der Waals surface area (Å²) in [6.45, 7) is 2.54. The minimum Gasteiger partial charge on any atom is -0.493 e. The van der Waals surface area contributed by atoms with E-state index in [0.717, 1.165) is 11.1 Å². The lowest BCUT2D eigenvalue weighted by molar-refractivity contribution is -0.139. The number of amides is 1. The quantitative estimate of drug-likeness (QED) is 0.354. The fourth-order valence-corrected chi connectivity index (χ4v) is 4.60. The van der Waals surface area contributed by atoms with Gasteiger partial charge < -0.3 is 19.9 Å². The molecule has 1 amide bonds. The Hall–Kier alpha value is -2.93. The second-order valence-corrected chi connectivity index (χ2v) is 9.42. The molecule has 3 aromatic carbocycles. The largest absolute Gasteiger partial charge is 0.493 e. The lowest BCUT2D eigenvalue weighted by atomic mass is 9.93. The highest BCUT2D eigenvalue weighted by Crippen LogP contribution is 2.42. The van der Waals surface area contributed by atoms with Crippen LogP contribution >= 0.6 is 34.8 Å². The molecule has 0 spiro atoms. The molecule has 1 heterocycles.